The van der Waals surface area contributed by atoms with Crippen molar-refractivity contribution in [3.05, 3.63) is 64.6 Å². The van der Waals surface area contributed by atoms with E-state index in [0.29, 0.717) is 54.2 Å². The van der Waals surface area contributed by atoms with Gasteiger partial charge in [0.15, 0.2) is 23.3 Å². The average Bonchev–Trinajstić information content (AvgIpc) is 2.80. The van der Waals surface area contributed by atoms with Gasteiger partial charge >= 0.3 is 0 Å². The van der Waals surface area contributed by atoms with E-state index >= 15 is 0 Å². The van der Waals surface area contributed by atoms with Crippen LogP contribution in [0.1, 0.15) is 37.7 Å². The SMILES string of the molecule is CCCN(CC1COc2ccccc2O1)C(=O)c1nn(CC(C)C)c(=O)c2ccccc12. The summed E-state index contributed by atoms with van der Waals surface area (Å²) in [6, 6.07) is 14.7. The van der Waals surface area contributed by atoms with Gasteiger partial charge in [0.05, 0.1) is 11.9 Å². The van der Waals surface area contributed by atoms with Crippen molar-refractivity contribution in [1.82, 2.24) is 14.7 Å². The number of ether oxygens (including phenoxy) is 2. The first kappa shape index (κ1) is 21.9. The molecule has 168 valence electrons. The summed E-state index contributed by atoms with van der Waals surface area (Å²) < 4.78 is 13.3. The lowest BCUT2D eigenvalue weighted by molar-refractivity contribution is 0.0458. The molecule has 7 heteroatoms. The highest BCUT2D eigenvalue weighted by molar-refractivity contribution is 6.04. The van der Waals surface area contributed by atoms with Crippen molar-refractivity contribution in [3.63, 3.8) is 0 Å². The van der Waals surface area contributed by atoms with Gasteiger partial charge in [0, 0.05) is 18.5 Å². The van der Waals surface area contributed by atoms with E-state index < -0.39 is 0 Å². The van der Waals surface area contributed by atoms with Crippen LogP contribution in [0.2, 0.25) is 0 Å². The van der Waals surface area contributed by atoms with Crippen molar-refractivity contribution in [2.24, 2.45) is 5.92 Å². The summed E-state index contributed by atoms with van der Waals surface area (Å²) in [5, 5.41) is 5.60. The third-order valence-electron chi connectivity index (χ3n) is 5.38. The Kier molecular flexibility index (Phi) is 6.44. The van der Waals surface area contributed by atoms with Crippen LogP contribution in [0, 0.1) is 5.92 Å². The third-order valence-corrected chi connectivity index (χ3v) is 5.38. The molecule has 3 aromatic rings. The zero-order chi connectivity index (χ0) is 22.7. The molecule has 0 saturated heterocycles. The normalized spacial score (nSPS) is 15.2. The lowest BCUT2D eigenvalue weighted by Crippen LogP contribution is -2.44. The minimum atomic E-state index is -0.284. The standard InChI is InChI=1S/C25H29N3O4/c1-4-13-27(15-18-16-31-21-11-7-8-12-22(21)32-18)25(30)23-19-9-5-6-10-20(19)24(29)28(26-23)14-17(2)3/h5-12,17-18H,4,13-16H2,1-3H3. The lowest BCUT2D eigenvalue weighted by Gasteiger charge is -2.31. The molecule has 1 aliphatic heterocycles. The fraction of sp³-hybridized carbons (Fsp3) is 0.400. The molecule has 0 fully saturated rings. The van der Waals surface area contributed by atoms with E-state index in [1.807, 2.05) is 57.2 Å². The monoisotopic (exact) mass is 435 g/mol. The van der Waals surface area contributed by atoms with Gasteiger partial charge in [-0.3, -0.25) is 9.59 Å². The molecule has 1 atom stereocenters. The number of fused-ring (bicyclic) bond motifs is 2. The van der Waals surface area contributed by atoms with Crippen LogP contribution in [0.3, 0.4) is 0 Å². The van der Waals surface area contributed by atoms with Crippen LogP contribution in [-0.2, 0) is 6.54 Å². The molecule has 2 aromatic carbocycles. The largest absolute Gasteiger partial charge is 0.486 e. The number of hydrogen-bond donors (Lipinski definition) is 0. The average molecular weight is 436 g/mol. The number of para-hydroxylation sites is 2. The van der Waals surface area contributed by atoms with E-state index in [2.05, 4.69) is 5.10 Å². The number of amides is 1. The second-order valence-corrected chi connectivity index (χ2v) is 8.52. The maximum Gasteiger partial charge on any atom is 0.275 e. The minimum absolute atomic E-state index is 0.173. The molecule has 0 N–H and O–H groups in total. The van der Waals surface area contributed by atoms with Gasteiger partial charge in [0.1, 0.15) is 6.61 Å². The molecular formula is C25H29N3O4. The molecule has 1 aromatic heterocycles. The van der Waals surface area contributed by atoms with Crippen LogP contribution in [0.4, 0.5) is 0 Å². The van der Waals surface area contributed by atoms with E-state index in [9.17, 15) is 9.59 Å². The zero-order valence-electron chi connectivity index (χ0n) is 18.8. The fourth-order valence-electron chi connectivity index (χ4n) is 3.96. The Labute approximate surface area is 187 Å². The first-order chi connectivity index (χ1) is 15.5. The van der Waals surface area contributed by atoms with Crippen LogP contribution >= 0.6 is 0 Å². The predicted octanol–water partition coefficient (Wildman–Crippen LogP) is 3.74. The van der Waals surface area contributed by atoms with Crippen molar-refractivity contribution in [2.75, 3.05) is 19.7 Å². The summed E-state index contributed by atoms with van der Waals surface area (Å²) >= 11 is 0. The van der Waals surface area contributed by atoms with E-state index in [1.165, 1.54) is 4.68 Å². The van der Waals surface area contributed by atoms with E-state index in [-0.39, 0.29) is 23.5 Å². The quantitative estimate of drug-likeness (QED) is 0.565. The van der Waals surface area contributed by atoms with Crippen LogP contribution < -0.4 is 15.0 Å². The second-order valence-electron chi connectivity index (χ2n) is 8.52. The first-order valence-corrected chi connectivity index (χ1v) is 11.2. The summed E-state index contributed by atoms with van der Waals surface area (Å²) in [7, 11) is 0. The van der Waals surface area contributed by atoms with Gasteiger partial charge < -0.3 is 14.4 Å². The van der Waals surface area contributed by atoms with Gasteiger partial charge in [-0.15, -0.1) is 0 Å². The lowest BCUT2D eigenvalue weighted by atomic mass is 10.1. The van der Waals surface area contributed by atoms with Crippen LogP contribution in [0.15, 0.2) is 53.3 Å². The highest BCUT2D eigenvalue weighted by Gasteiger charge is 2.28. The predicted molar refractivity (Wildman–Crippen MR) is 123 cm³/mol. The Morgan fingerprint density at radius 1 is 1.12 bits per heavy atom. The van der Waals surface area contributed by atoms with Gasteiger partial charge in [-0.05, 0) is 30.5 Å². The maximum absolute atomic E-state index is 13.7. The van der Waals surface area contributed by atoms with Crippen molar-refractivity contribution in [2.45, 2.75) is 39.8 Å². The topological polar surface area (TPSA) is 73.7 Å². The Bertz CT molecular complexity index is 1170. The molecule has 0 bridgehead atoms. The van der Waals surface area contributed by atoms with Gasteiger partial charge in [-0.2, -0.15) is 5.10 Å². The summed E-state index contributed by atoms with van der Waals surface area (Å²) in [6.45, 7) is 7.82. The summed E-state index contributed by atoms with van der Waals surface area (Å²) in [5.41, 5.74) is 0.125. The molecule has 0 spiro atoms. The molecule has 2 heterocycles. The number of aromatic nitrogens is 2. The Hall–Kier alpha value is -3.35. The molecule has 0 radical (unpaired) electrons. The van der Waals surface area contributed by atoms with Crippen molar-refractivity contribution < 1.29 is 14.3 Å². The number of carbonyl (C=O) groups excluding carboxylic acids is 1. The van der Waals surface area contributed by atoms with Crippen LogP contribution in [0.5, 0.6) is 11.5 Å². The molecule has 7 nitrogen and oxygen atoms in total. The Morgan fingerprint density at radius 3 is 2.53 bits per heavy atom. The fourth-order valence-corrected chi connectivity index (χ4v) is 3.96. The molecule has 0 aliphatic carbocycles. The van der Waals surface area contributed by atoms with Crippen LogP contribution in [-0.4, -0.2) is 46.4 Å². The smallest absolute Gasteiger partial charge is 0.275 e. The van der Waals surface area contributed by atoms with E-state index in [1.54, 1.807) is 17.0 Å². The molecular weight excluding hydrogens is 406 g/mol. The van der Waals surface area contributed by atoms with Crippen LogP contribution in [0.25, 0.3) is 10.8 Å². The number of hydrogen-bond acceptors (Lipinski definition) is 5. The highest BCUT2D eigenvalue weighted by Crippen LogP contribution is 2.31. The van der Waals surface area contributed by atoms with Crippen molar-refractivity contribution in [3.8, 4) is 11.5 Å². The maximum atomic E-state index is 13.7. The van der Waals surface area contributed by atoms with Gasteiger partial charge in [0.25, 0.3) is 11.5 Å². The minimum Gasteiger partial charge on any atom is -0.486 e. The van der Waals surface area contributed by atoms with E-state index in [0.717, 1.165) is 6.42 Å². The zero-order valence-corrected chi connectivity index (χ0v) is 18.8. The molecule has 32 heavy (non-hydrogen) atoms. The number of carbonyl (C=O) groups is 1. The molecule has 1 aliphatic rings. The molecule has 1 unspecified atom stereocenters. The highest BCUT2D eigenvalue weighted by atomic mass is 16.6. The van der Waals surface area contributed by atoms with Crippen molar-refractivity contribution in [1.29, 1.82) is 0 Å². The number of rotatable bonds is 7. The van der Waals surface area contributed by atoms with Gasteiger partial charge in [-0.25, -0.2) is 4.68 Å². The molecule has 4 rings (SSSR count). The summed E-state index contributed by atoms with van der Waals surface area (Å²) in [4.78, 5) is 28.3. The number of nitrogens with zero attached hydrogens (tertiary/aromatic N) is 3. The third kappa shape index (κ3) is 4.47. The van der Waals surface area contributed by atoms with Gasteiger partial charge in [0.2, 0.25) is 0 Å². The van der Waals surface area contributed by atoms with E-state index in [4.69, 9.17) is 9.47 Å². The van der Waals surface area contributed by atoms with Crippen molar-refractivity contribution >= 4 is 16.7 Å². The number of benzene rings is 2. The molecule has 0 saturated carbocycles. The Balaban J connectivity index is 1.66. The summed E-state index contributed by atoms with van der Waals surface area (Å²) in [6.07, 6.45) is 0.507. The Morgan fingerprint density at radius 2 is 1.81 bits per heavy atom. The summed E-state index contributed by atoms with van der Waals surface area (Å²) in [5.74, 6) is 1.42. The first-order valence-electron chi connectivity index (χ1n) is 11.2. The molecule has 1 amide bonds. The second kappa shape index (κ2) is 9.42. The van der Waals surface area contributed by atoms with Gasteiger partial charge in [-0.1, -0.05) is 51.1 Å².